The Hall–Kier alpha value is -0.0800. The van der Waals surface area contributed by atoms with E-state index >= 15 is 0 Å². The van der Waals surface area contributed by atoms with E-state index in [4.69, 9.17) is 0 Å². The van der Waals surface area contributed by atoms with Crippen molar-refractivity contribution in [3.8, 4) is 0 Å². The average Bonchev–Trinajstić information content (AvgIpc) is 2.06. The number of hydrogen-bond acceptors (Lipinski definition) is 2. The minimum absolute atomic E-state index is 0.389. The van der Waals surface area contributed by atoms with E-state index in [1.54, 1.807) is 0 Å². The van der Waals surface area contributed by atoms with Crippen LogP contribution >= 0.6 is 0 Å². The first kappa shape index (κ1) is 10.4. The summed E-state index contributed by atoms with van der Waals surface area (Å²) in [5.74, 6) is 0. The van der Waals surface area contributed by atoms with Gasteiger partial charge in [-0.1, -0.05) is 13.3 Å². The van der Waals surface area contributed by atoms with Crippen LogP contribution < -0.4 is 0 Å². The van der Waals surface area contributed by atoms with Crippen molar-refractivity contribution in [2.75, 3.05) is 6.54 Å². The molecule has 0 aromatic rings. The fourth-order valence-corrected chi connectivity index (χ4v) is 3.38. The van der Waals surface area contributed by atoms with Crippen LogP contribution in [0.2, 0.25) is 0 Å². The molecule has 2 nitrogen and oxygen atoms in total. The number of fused-ring (bicyclic) bond motifs is 2. The van der Waals surface area contributed by atoms with Gasteiger partial charge in [0.1, 0.15) is 0 Å². The molecule has 0 radical (unpaired) electrons. The van der Waals surface area contributed by atoms with Gasteiger partial charge in [-0.15, -0.1) is 0 Å². The molecule has 2 fully saturated rings. The summed E-state index contributed by atoms with van der Waals surface area (Å²) in [5, 5.41) is 10.1. The van der Waals surface area contributed by atoms with E-state index in [1.165, 1.54) is 32.2 Å². The third-order valence-electron chi connectivity index (χ3n) is 3.85. The summed E-state index contributed by atoms with van der Waals surface area (Å²) in [5.41, 5.74) is -0.389. The molecule has 2 aliphatic heterocycles. The number of hydrogen-bond donors (Lipinski definition) is 1. The molecule has 2 bridgehead atoms. The molecule has 0 saturated carbocycles. The highest BCUT2D eigenvalue weighted by Crippen LogP contribution is 2.38. The van der Waals surface area contributed by atoms with E-state index < -0.39 is 0 Å². The number of piperidine rings is 2. The number of aliphatic hydroxyl groups is 1. The third-order valence-corrected chi connectivity index (χ3v) is 3.85. The Balaban J connectivity index is 2.07. The number of rotatable bonds is 2. The molecular weight excluding hydrogens is 174 g/mol. The van der Waals surface area contributed by atoms with Gasteiger partial charge in [-0.2, -0.15) is 0 Å². The SMILES string of the molecule is CCCN1C2CCCC1CC(C)(O)C2. The van der Waals surface area contributed by atoms with E-state index in [-0.39, 0.29) is 5.60 Å². The second kappa shape index (κ2) is 3.82. The summed E-state index contributed by atoms with van der Waals surface area (Å²) in [4.78, 5) is 2.65. The molecule has 2 aliphatic rings. The molecule has 2 saturated heterocycles. The minimum Gasteiger partial charge on any atom is -0.390 e. The lowest BCUT2D eigenvalue weighted by molar-refractivity contribution is -0.0811. The topological polar surface area (TPSA) is 23.5 Å². The maximum Gasteiger partial charge on any atom is 0.0649 e. The molecule has 2 heterocycles. The van der Waals surface area contributed by atoms with Gasteiger partial charge in [-0.25, -0.2) is 0 Å². The number of nitrogens with zero attached hydrogens (tertiary/aromatic N) is 1. The first-order valence-corrected chi connectivity index (χ1v) is 6.10. The lowest BCUT2D eigenvalue weighted by Crippen LogP contribution is -2.57. The zero-order valence-electron chi connectivity index (χ0n) is 9.50. The Morgan fingerprint density at radius 3 is 2.36 bits per heavy atom. The fourth-order valence-electron chi connectivity index (χ4n) is 3.38. The van der Waals surface area contributed by atoms with Crippen LogP contribution in [-0.4, -0.2) is 34.2 Å². The molecular formula is C12H23NO. The van der Waals surface area contributed by atoms with Crippen molar-refractivity contribution in [1.82, 2.24) is 4.90 Å². The second-order valence-electron chi connectivity index (χ2n) is 5.38. The van der Waals surface area contributed by atoms with Crippen LogP contribution in [0.1, 0.15) is 52.4 Å². The molecule has 0 aromatic carbocycles. The van der Waals surface area contributed by atoms with Crippen molar-refractivity contribution in [1.29, 1.82) is 0 Å². The Labute approximate surface area is 87.3 Å². The largest absolute Gasteiger partial charge is 0.390 e. The van der Waals surface area contributed by atoms with Crippen LogP contribution in [0.25, 0.3) is 0 Å². The monoisotopic (exact) mass is 197 g/mol. The summed E-state index contributed by atoms with van der Waals surface area (Å²) in [7, 11) is 0. The van der Waals surface area contributed by atoms with Gasteiger partial charge < -0.3 is 5.11 Å². The molecule has 82 valence electrons. The average molecular weight is 197 g/mol. The van der Waals surface area contributed by atoms with Crippen molar-refractivity contribution < 1.29 is 5.11 Å². The van der Waals surface area contributed by atoms with Gasteiger partial charge in [0.05, 0.1) is 5.60 Å². The Morgan fingerprint density at radius 1 is 1.29 bits per heavy atom. The molecule has 2 unspecified atom stereocenters. The lowest BCUT2D eigenvalue weighted by atomic mass is 9.76. The summed E-state index contributed by atoms with van der Waals surface area (Å²) in [6.07, 6.45) is 7.19. The van der Waals surface area contributed by atoms with Crippen molar-refractivity contribution in [3.05, 3.63) is 0 Å². The molecule has 2 rings (SSSR count). The minimum atomic E-state index is -0.389. The van der Waals surface area contributed by atoms with Crippen molar-refractivity contribution in [2.45, 2.75) is 70.1 Å². The van der Waals surface area contributed by atoms with Crippen LogP contribution in [-0.2, 0) is 0 Å². The van der Waals surface area contributed by atoms with Gasteiger partial charge in [-0.05, 0) is 45.6 Å². The first-order valence-electron chi connectivity index (χ1n) is 6.10. The van der Waals surface area contributed by atoms with Gasteiger partial charge in [0.25, 0.3) is 0 Å². The molecule has 14 heavy (non-hydrogen) atoms. The highest BCUT2D eigenvalue weighted by atomic mass is 16.3. The van der Waals surface area contributed by atoms with Gasteiger partial charge in [0.2, 0.25) is 0 Å². The molecule has 2 heteroatoms. The van der Waals surface area contributed by atoms with Crippen LogP contribution in [0.3, 0.4) is 0 Å². The van der Waals surface area contributed by atoms with Crippen molar-refractivity contribution in [3.63, 3.8) is 0 Å². The first-order chi connectivity index (χ1) is 6.62. The van der Waals surface area contributed by atoms with Gasteiger partial charge >= 0.3 is 0 Å². The zero-order chi connectivity index (χ0) is 10.2. The lowest BCUT2D eigenvalue weighted by Gasteiger charge is -2.51. The van der Waals surface area contributed by atoms with E-state index in [0.717, 1.165) is 12.8 Å². The Bertz CT molecular complexity index is 186. The highest BCUT2D eigenvalue weighted by Gasteiger charge is 2.42. The summed E-state index contributed by atoms with van der Waals surface area (Å²) < 4.78 is 0. The smallest absolute Gasteiger partial charge is 0.0649 e. The zero-order valence-corrected chi connectivity index (χ0v) is 9.50. The van der Waals surface area contributed by atoms with Gasteiger partial charge in [0.15, 0.2) is 0 Å². The van der Waals surface area contributed by atoms with Crippen LogP contribution in [0.15, 0.2) is 0 Å². The summed E-state index contributed by atoms with van der Waals surface area (Å²) >= 11 is 0. The molecule has 0 amide bonds. The van der Waals surface area contributed by atoms with E-state index in [9.17, 15) is 5.11 Å². The Kier molecular flexibility index (Phi) is 2.85. The van der Waals surface area contributed by atoms with E-state index in [1.807, 2.05) is 6.92 Å². The summed E-state index contributed by atoms with van der Waals surface area (Å²) in [6, 6.07) is 1.33. The second-order valence-corrected chi connectivity index (χ2v) is 5.38. The predicted octanol–water partition coefficient (Wildman–Crippen LogP) is 2.16. The van der Waals surface area contributed by atoms with Crippen LogP contribution in [0.5, 0.6) is 0 Å². The molecule has 0 aromatic heterocycles. The van der Waals surface area contributed by atoms with Crippen molar-refractivity contribution >= 4 is 0 Å². The third kappa shape index (κ3) is 1.96. The quantitative estimate of drug-likeness (QED) is 0.733. The van der Waals surface area contributed by atoms with Crippen LogP contribution in [0, 0.1) is 0 Å². The predicted molar refractivity (Wildman–Crippen MR) is 58.3 cm³/mol. The standard InChI is InChI=1S/C12H23NO/c1-3-7-13-10-5-4-6-11(13)9-12(2,14)8-10/h10-11,14H,3-9H2,1-2H3. The van der Waals surface area contributed by atoms with E-state index in [2.05, 4.69) is 11.8 Å². The molecule has 0 aliphatic carbocycles. The maximum absolute atomic E-state index is 10.1. The van der Waals surface area contributed by atoms with Gasteiger partial charge in [0, 0.05) is 12.1 Å². The van der Waals surface area contributed by atoms with E-state index in [0.29, 0.717) is 12.1 Å². The van der Waals surface area contributed by atoms with Crippen LogP contribution in [0.4, 0.5) is 0 Å². The summed E-state index contributed by atoms with van der Waals surface area (Å²) in [6.45, 7) is 5.50. The molecule has 1 N–H and O–H groups in total. The maximum atomic E-state index is 10.1. The normalized spacial score (nSPS) is 43.9. The Morgan fingerprint density at radius 2 is 1.86 bits per heavy atom. The fraction of sp³-hybridized carbons (Fsp3) is 1.00. The molecule has 0 spiro atoms. The highest BCUT2D eigenvalue weighted by molar-refractivity contribution is 4.97. The molecule has 2 atom stereocenters. The van der Waals surface area contributed by atoms with Gasteiger partial charge in [-0.3, -0.25) is 4.90 Å². The van der Waals surface area contributed by atoms with Crippen molar-refractivity contribution in [2.24, 2.45) is 0 Å².